The molecule has 2 aromatic carbocycles. The molecule has 0 aromatic heterocycles. The first-order valence-electron chi connectivity index (χ1n) is 7.38. The maximum atomic E-state index is 12.5. The molecule has 8 heteroatoms. The predicted octanol–water partition coefficient (Wildman–Crippen LogP) is 4.32. The van der Waals surface area contributed by atoms with Gasteiger partial charge >= 0.3 is 0 Å². The third-order valence-corrected chi connectivity index (χ3v) is 5.18. The summed E-state index contributed by atoms with van der Waals surface area (Å²) in [5.74, 6) is -0.289. The highest BCUT2D eigenvalue weighted by atomic mass is 35.5. The highest BCUT2D eigenvalue weighted by Gasteiger charge is 2.18. The van der Waals surface area contributed by atoms with Crippen molar-refractivity contribution in [2.75, 3.05) is 4.72 Å². The maximum Gasteiger partial charge on any atom is 0.261 e. The third kappa shape index (κ3) is 5.36. The lowest BCUT2D eigenvalue weighted by Gasteiger charge is -2.20. The fraction of sp³-hybridized carbons (Fsp3) is 0.235. The van der Waals surface area contributed by atoms with Crippen LogP contribution in [0, 0.1) is 0 Å². The molecule has 2 N–H and O–H groups in total. The Hall–Kier alpha value is -1.76. The van der Waals surface area contributed by atoms with Crippen LogP contribution in [0.2, 0.25) is 10.0 Å². The minimum Gasteiger partial charge on any atom is -0.347 e. The summed E-state index contributed by atoms with van der Waals surface area (Å²) in [6, 6.07) is 10.3. The summed E-state index contributed by atoms with van der Waals surface area (Å²) >= 11 is 11.7. The van der Waals surface area contributed by atoms with Gasteiger partial charge in [-0.15, -0.1) is 0 Å². The van der Waals surface area contributed by atoms with E-state index in [2.05, 4.69) is 10.0 Å². The third-order valence-electron chi connectivity index (χ3n) is 3.07. The van der Waals surface area contributed by atoms with E-state index in [0.29, 0.717) is 5.56 Å². The summed E-state index contributed by atoms with van der Waals surface area (Å²) in [5, 5.41) is 3.23. The van der Waals surface area contributed by atoms with Gasteiger partial charge < -0.3 is 5.32 Å². The molecule has 1 amide bonds. The summed E-state index contributed by atoms with van der Waals surface area (Å²) in [6.45, 7) is 5.59. The fourth-order valence-electron chi connectivity index (χ4n) is 1.99. The smallest absolute Gasteiger partial charge is 0.261 e. The van der Waals surface area contributed by atoms with Crippen LogP contribution in [0.3, 0.4) is 0 Å². The van der Waals surface area contributed by atoms with Gasteiger partial charge in [0.05, 0.1) is 14.9 Å². The standard InChI is InChI=1S/C17H18Cl2N2O3S/c1-17(2,3)20-16(22)11-5-4-6-12(9-11)21-25(23,24)13-7-8-14(18)15(19)10-13/h4-10,21H,1-3H3,(H,20,22). The van der Waals surface area contributed by atoms with E-state index in [1.165, 1.54) is 24.3 Å². The first-order valence-corrected chi connectivity index (χ1v) is 9.62. The summed E-state index contributed by atoms with van der Waals surface area (Å²) in [6.07, 6.45) is 0. The van der Waals surface area contributed by atoms with E-state index in [1.807, 2.05) is 20.8 Å². The molecule has 5 nitrogen and oxygen atoms in total. The van der Waals surface area contributed by atoms with E-state index < -0.39 is 15.6 Å². The second-order valence-corrected chi connectivity index (χ2v) is 8.96. The molecule has 0 saturated heterocycles. The first kappa shape index (κ1) is 19.6. The van der Waals surface area contributed by atoms with Gasteiger partial charge in [-0.2, -0.15) is 0 Å². The number of carbonyl (C=O) groups excluding carboxylic acids is 1. The zero-order valence-corrected chi connectivity index (χ0v) is 16.3. The van der Waals surface area contributed by atoms with Crippen molar-refractivity contribution in [2.45, 2.75) is 31.2 Å². The Labute approximate surface area is 157 Å². The largest absolute Gasteiger partial charge is 0.347 e. The van der Waals surface area contributed by atoms with Crippen molar-refractivity contribution >= 4 is 44.8 Å². The average molecular weight is 401 g/mol. The van der Waals surface area contributed by atoms with Crippen LogP contribution in [0.15, 0.2) is 47.4 Å². The molecule has 0 unspecified atom stereocenters. The van der Waals surface area contributed by atoms with Crippen LogP contribution in [0.5, 0.6) is 0 Å². The topological polar surface area (TPSA) is 75.3 Å². The predicted molar refractivity (Wildman–Crippen MR) is 101 cm³/mol. The van der Waals surface area contributed by atoms with Gasteiger partial charge in [-0.3, -0.25) is 9.52 Å². The molecule has 0 radical (unpaired) electrons. The Morgan fingerprint density at radius 2 is 1.68 bits per heavy atom. The normalized spacial score (nSPS) is 11.9. The molecule has 0 bridgehead atoms. The fourth-order valence-corrected chi connectivity index (χ4v) is 3.43. The molecular formula is C17H18Cl2N2O3S. The van der Waals surface area contributed by atoms with E-state index in [-0.39, 0.29) is 26.5 Å². The highest BCUT2D eigenvalue weighted by molar-refractivity contribution is 7.92. The van der Waals surface area contributed by atoms with Crippen molar-refractivity contribution in [3.8, 4) is 0 Å². The molecule has 0 atom stereocenters. The van der Waals surface area contributed by atoms with Gasteiger partial charge in [0, 0.05) is 16.8 Å². The molecule has 2 rings (SSSR count). The Bertz CT molecular complexity index is 906. The minimum absolute atomic E-state index is 0.0218. The van der Waals surface area contributed by atoms with E-state index in [4.69, 9.17) is 23.2 Å². The molecule has 0 aliphatic carbocycles. The number of benzene rings is 2. The number of carbonyl (C=O) groups is 1. The van der Waals surface area contributed by atoms with Crippen LogP contribution in [0.25, 0.3) is 0 Å². The Morgan fingerprint density at radius 1 is 1.00 bits per heavy atom. The molecular weight excluding hydrogens is 383 g/mol. The number of halogens is 2. The van der Waals surface area contributed by atoms with Gasteiger partial charge in [0.1, 0.15) is 0 Å². The molecule has 0 heterocycles. The van der Waals surface area contributed by atoms with Gasteiger partial charge in [-0.25, -0.2) is 8.42 Å². The zero-order valence-electron chi connectivity index (χ0n) is 13.9. The number of sulfonamides is 1. The van der Waals surface area contributed by atoms with Gasteiger partial charge in [-0.1, -0.05) is 29.3 Å². The van der Waals surface area contributed by atoms with E-state index in [1.54, 1.807) is 18.2 Å². The lowest BCUT2D eigenvalue weighted by molar-refractivity contribution is 0.0919. The van der Waals surface area contributed by atoms with Crippen LogP contribution in [-0.4, -0.2) is 19.9 Å². The van der Waals surface area contributed by atoms with Crippen molar-refractivity contribution in [3.63, 3.8) is 0 Å². The van der Waals surface area contributed by atoms with Gasteiger partial charge in [0.15, 0.2) is 0 Å². The number of amides is 1. The van der Waals surface area contributed by atoms with Crippen molar-refractivity contribution in [1.29, 1.82) is 0 Å². The molecule has 134 valence electrons. The van der Waals surface area contributed by atoms with Crippen LogP contribution in [0.4, 0.5) is 5.69 Å². The molecule has 0 fully saturated rings. The van der Waals surface area contributed by atoms with Gasteiger partial charge in [0.25, 0.3) is 15.9 Å². The number of anilines is 1. The SMILES string of the molecule is CC(C)(C)NC(=O)c1cccc(NS(=O)(=O)c2ccc(Cl)c(Cl)c2)c1. The minimum atomic E-state index is -3.85. The van der Waals surface area contributed by atoms with Crippen molar-refractivity contribution < 1.29 is 13.2 Å². The number of nitrogens with one attached hydrogen (secondary N) is 2. The first-order chi connectivity index (χ1) is 11.5. The molecule has 0 spiro atoms. The van der Waals surface area contributed by atoms with Gasteiger partial charge in [0.2, 0.25) is 0 Å². The van der Waals surface area contributed by atoms with E-state index >= 15 is 0 Å². The van der Waals surface area contributed by atoms with Crippen LogP contribution in [-0.2, 0) is 10.0 Å². The van der Waals surface area contributed by atoms with Crippen LogP contribution < -0.4 is 10.0 Å². The van der Waals surface area contributed by atoms with E-state index in [0.717, 1.165) is 0 Å². The summed E-state index contributed by atoms with van der Waals surface area (Å²) in [5.41, 5.74) is 0.226. The second-order valence-electron chi connectivity index (χ2n) is 6.47. The summed E-state index contributed by atoms with van der Waals surface area (Å²) in [7, 11) is -3.85. The van der Waals surface area contributed by atoms with Crippen LogP contribution >= 0.6 is 23.2 Å². The monoisotopic (exact) mass is 400 g/mol. The van der Waals surface area contributed by atoms with Crippen molar-refractivity contribution in [1.82, 2.24) is 5.32 Å². The molecule has 0 saturated carbocycles. The van der Waals surface area contributed by atoms with E-state index in [9.17, 15) is 13.2 Å². The number of rotatable bonds is 4. The zero-order chi connectivity index (χ0) is 18.8. The molecule has 0 aliphatic heterocycles. The maximum absolute atomic E-state index is 12.5. The number of hydrogen-bond donors (Lipinski definition) is 2. The summed E-state index contributed by atoms with van der Waals surface area (Å²) in [4.78, 5) is 12.2. The van der Waals surface area contributed by atoms with Crippen LogP contribution in [0.1, 0.15) is 31.1 Å². The second kappa shape index (κ2) is 7.23. The lowest BCUT2D eigenvalue weighted by atomic mass is 10.1. The van der Waals surface area contributed by atoms with Gasteiger partial charge in [-0.05, 0) is 57.2 Å². The lowest BCUT2D eigenvalue weighted by Crippen LogP contribution is -2.40. The van der Waals surface area contributed by atoms with Crippen molar-refractivity contribution in [2.24, 2.45) is 0 Å². The highest BCUT2D eigenvalue weighted by Crippen LogP contribution is 2.26. The number of hydrogen-bond acceptors (Lipinski definition) is 3. The van der Waals surface area contributed by atoms with Crippen molar-refractivity contribution in [3.05, 3.63) is 58.1 Å². The average Bonchev–Trinajstić information content (AvgIpc) is 2.48. The Kier molecular flexibility index (Phi) is 5.66. The Morgan fingerprint density at radius 3 is 2.28 bits per heavy atom. The molecule has 0 aliphatic rings. The molecule has 25 heavy (non-hydrogen) atoms. The summed E-state index contributed by atoms with van der Waals surface area (Å²) < 4.78 is 27.4. The molecule has 2 aromatic rings. The quantitative estimate of drug-likeness (QED) is 0.801. The Balaban J connectivity index is 2.26.